The average Bonchev–Trinajstić information content (AvgIpc) is 2.46. The molecule has 1 aliphatic rings. The van der Waals surface area contributed by atoms with Gasteiger partial charge in [-0.1, -0.05) is 23.7 Å². The summed E-state index contributed by atoms with van der Waals surface area (Å²) in [4.78, 5) is 11.5. The van der Waals surface area contributed by atoms with Gasteiger partial charge in [0, 0.05) is 5.56 Å². The van der Waals surface area contributed by atoms with Gasteiger partial charge >= 0.3 is 6.09 Å². The highest BCUT2D eigenvalue weighted by Crippen LogP contribution is 2.38. The molecule has 0 unspecified atom stereocenters. The topological polar surface area (TPSA) is 62.1 Å². The number of halogens is 1. The Labute approximate surface area is 133 Å². The quantitative estimate of drug-likeness (QED) is 0.832. The molecule has 22 heavy (non-hydrogen) atoms. The van der Waals surface area contributed by atoms with Crippen molar-refractivity contribution in [2.45, 2.75) is 19.4 Å². The van der Waals surface area contributed by atoms with Crippen molar-refractivity contribution in [2.75, 3.05) is 5.32 Å². The van der Waals surface area contributed by atoms with Crippen molar-refractivity contribution < 1.29 is 9.53 Å². The maximum Gasteiger partial charge on any atom is 0.412 e. The number of ether oxygens (including phenoxy) is 1. The van der Waals surface area contributed by atoms with Crippen LogP contribution in [0, 0.1) is 11.3 Å². The Balaban J connectivity index is 2.12. The first kappa shape index (κ1) is 14.4. The fourth-order valence-corrected chi connectivity index (χ4v) is 2.70. The van der Waals surface area contributed by atoms with E-state index in [4.69, 9.17) is 21.6 Å². The zero-order valence-electron chi connectivity index (χ0n) is 12.1. The third-order valence-corrected chi connectivity index (χ3v) is 4.00. The number of rotatable bonds is 1. The molecular formula is C17H13ClN2O2. The van der Waals surface area contributed by atoms with E-state index in [0.717, 1.165) is 22.4 Å². The van der Waals surface area contributed by atoms with E-state index in [0.29, 0.717) is 10.6 Å². The van der Waals surface area contributed by atoms with E-state index in [2.05, 4.69) is 11.4 Å². The molecule has 0 spiro atoms. The summed E-state index contributed by atoms with van der Waals surface area (Å²) in [6, 6.07) is 13.1. The molecule has 0 atom stereocenters. The molecule has 1 N–H and O–H groups in total. The van der Waals surface area contributed by atoms with Crippen molar-refractivity contribution >= 4 is 23.4 Å². The van der Waals surface area contributed by atoms with Crippen molar-refractivity contribution in [1.82, 2.24) is 0 Å². The van der Waals surface area contributed by atoms with Gasteiger partial charge in [-0.3, -0.25) is 5.32 Å². The molecule has 2 aromatic rings. The van der Waals surface area contributed by atoms with Gasteiger partial charge in [-0.2, -0.15) is 5.26 Å². The number of hydrogen-bond donors (Lipinski definition) is 1. The van der Waals surface area contributed by atoms with E-state index in [1.54, 1.807) is 12.1 Å². The Morgan fingerprint density at radius 2 is 1.86 bits per heavy atom. The zero-order valence-corrected chi connectivity index (χ0v) is 12.9. The summed E-state index contributed by atoms with van der Waals surface area (Å²) in [5.74, 6) is 0. The second kappa shape index (κ2) is 5.04. The number of nitrogens with zero attached hydrogens (tertiary/aromatic N) is 1. The number of cyclic esters (lactones) is 1. The Kier molecular flexibility index (Phi) is 3.31. The van der Waals surface area contributed by atoms with Gasteiger partial charge in [0.15, 0.2) is 0 Å². The minimum Gasteiger partial charge on any atom is -0.438 e. The second-order valence-electron chi connectivity index (χ2n) is 5.59. The number of carbonyl (C=O) groups is 1. The number of anilines is 1. The molecule has 0 aliphatic carbocycles. The van der Waals surface area contributed by atoms with Crippen molar-refractivity contribution in [3.05, 3.63) is 52.5 Å². The molecule has 0 fully saturated rings. The number of benzene rings is 2. The lowest BCUT2D eigenvalue weighted by Gasteiger charge is -2.32. The van der Waals surface area contributed by atoms with Crippen LogP contribution in [0.15, 0.2) is 36.4 Å². The lowest BCUT2D eigenvalue weighted by atomic mass is 9.91. The van der Waals surface area contributed by atoms with Crippen LogP contribution in [-0.4, -0.2) is 6.09 Å². The van der Waals surface area contributed by atoms with E-state index in [1.807, 2.05) is 38.1 Å². The van der Waals surface area contributed by atoms with Crippen LogP contribution in [0.3, 0.4) is 0 Å². The molecule has 4 nitrogen and oxygen atoms in total. The number of fused-ring (bicyclic) bond motifs is 1. The molecule has 2 aromatic carbocycles. The molecule has 0 bridgehead atoms. The highest BCUT2D eigenvalue weighted by atomic mass is 35.5. The van der Waals surface area contributed by atoms with Gasteiger partial charge < -0.3 is 4.74 Å². The molecule has 0 saturated heterocycles. The van der Waals surface area contributed by atoms with Gasteiger partial charge in [0.2, 0.25) is 0 Å². The number of amides is 1. The minimum absolute atomic E-state index is 0.431. The first-order valence-electron chi connectivity index (χ1n) is 6.75. The maximum atomic E-state index is 11.5. The van der Waals surface area contributed by atoms with Gasteiger partial charge in [-0.05, 0) is 49.2 Å². The first-order valence-corrected chi connectivity index (χ1v) is 7.13. The standard InChI is InChI=1S/C17H13ClN2O2/c1-17(2)13-8-11(4-6-15(13)20-16(21)22-17)10-3-5-14(18)12(7-10)9-19/h3-8H,1-2H3,(H,20,21). The molecule has 1 heterocycles. The lowest BCUT2D eigenvalue weighted by molar-refractivity contribution is 0.0421. The van der Waals surface area contributed by atoms with E-state index in [9.17, 15) is 4.79 Å². The van der Waals surface area contributed by atoms with E-state index >= 15 is 0 Å². The van der Waals surface area contributed by atoms with Gasteiger partial charge in [-0.25, -0.2) is 4.79 Å². The summed E-state index contributed by atoms with van der Waals surface area (Å²) in [5.41, 5.74) is 3.16. The van der Waals surface area contributed by atoms with Gasteiger partial charge in [0.25, 0.3) is 0 Å². The van der Waals surface area contributed by atoms with Crippen molar-refractivity contribution in [2.24, 2.45) is 0 Å². The largest absolute Gasteiger partial charge is 0.438 e. The summed E-state index contributed by atoms with van der Waals surface area (Å²) in [5, 5.41) is 12.2. The summed E-state index contributed by atoms with van der Waals surface area (Å²) >= 11 is 5.97. The summed E-state index contributed by atoms with van der Waals surface area (Å²) < 4.78 is 5.33. The third-order valence-electron chi connectivity index (χ3n) is 3.67. The minimum atomic E-state index is -0.710. The summed E-state index contributed by atoms with van der Waals surface area (Å²) in [6.45, 7) is 3.69. The van der Waals surface area contributed by atoms with E-state index in [-0.39, 0.29) is 0 Å². The van der Waals surface area contributed by atoms with Crippen LogP contribution in [-0.2, 0) is 10.3 Å². The van der Waals surface area contributed by atoms with Crippen LogP contribution in [0.1, 0.15) is 25.0 Å². The van der Waals surface area contributed by atoms with Crippen molar-refractivity contribution in [3.63, 3.8) is 0 Å². The highest BCUT2D eigenvalue weighted by Gasteiger charge is 2.33. The smallest absolute Gasteiger partial charge is 0.412 e. The molecule has 5 heteroatoms. The SMILES string of the molecule is CC1(C)OC(=O)Nc2ccc(-c3ccc(Cl)c(C#N)c3)cc21. The highest BCUT2D eigenvalue weighted by molar-refractivity contribution is 6.31. The molecule has 1 aliphatic heterocycles. The van der Waals surface area contributed by atoms with Crippen molar-refractivity contribution in [1.29, 1.82) is 5.26 Å². The van der Waals surface area contributed by atoms with Gasteiger partial charge in [0.05, 0.1) is 16.3 Å². The Hall–Kier alpha value is -2.51. The van der Waals surface area contributed by atoms with Crippen LogP contribution in [0.25, 0.3) is 11.1 Å². The van der Waals surface area contributed by atoms with E-state index in [1.165, 1.54) is 0 Å². The number of nitrogens with one attached hydrogen (secondary N) is 1. The normalized spacial score (nSPS) is 15.3. The molecule has 110 valence electrons. The van der Waals surface area contributed by atoms with Crippen LogP contribution >= 0.6 is 11.6 Å². The summed E-state index contributed by atoms with van der Waals surface area (Å²) in [6.07, 6.45) is -0.455. The van der Waals surface area contributed by atoms with Gasteiger partial charge in [0.1, 0.15) is 11.7 Å². The summed E-state index contributed by atoms with van der Waals surface area (Å²) in [7, 11) is 0. The van der Waals surface area contributed by atoms with Gasteiger partial charge in [-0.15, -0.1) is 0 Å². The molecule has 0 radical (unpaired) electrons. The Morgan fingerprint density at radius 1 is 1.18 bits per heavy atom. The number of hydrogen-bond acceptors (Lipinski definition) is 3. The van der Waals surface area contributed by atoms with Crippen LogP contribution in [0.2, 0.25) is 5.02 Å². The molecule has 1 amide bonds. The fourth-order valence-electron chi connectivity index (χ4n) is 2.54. The Morgan fingerprint density at radius 3 is 2.59 bits per heavy atom. The lowest BCUT2D eigenvalue weighted by Crippen LogP contribution is -2.34. The Bertz CT molecular complexity index is 822. The van der Waals surface area contributed by atoms with E-state index < -0.39 is 11.7 Å². The maximum absolute atomic E-state index is 11.5. The average molecular weight is 313 g/mol. The van der Waals surface area contributed by atoms with Crippen LogP contribution < -0.4 is 5.32 Å². The fraction of sp³-hybridized carbons (Fsp3) is 0.176. The third kappa shape index (κ3) is 2.40. The molecular weight excluding hydrogens is 300 g/mol. The van der Waals surface area contributed by atoms with Crippen LogP contribution in [0.4, 0.5) is 10.5 Å². The second-order valence-corrected chi connectivity index (χ2v) is 6.00. The molecule has 0 saturated carbocycles. The predicted molar refractivity (Wildman–Crippen MR) is 84.7 cm³/mol. The monoisotopic (exact) mass is 312 g/mol. The number of carbonyl (C=O) groups excluding carboxylic acids is 1. The number of nitriles is 1. The predicted octanol–water partition coefficient (Wildman–Crippen LogP) is 4.68. The zero-order chi connectivity index (χ0) is 15.9. The van der Waals surface area contributed by atoms with Crippen molar-refractivity contribution in [3.8, 4) is 17.2 Å². The first-order chi connectivity index (χ1) is 10.4. The molecule has 3 rings (SSSR count). The van der Waals surface area contributed by atoms with Crippen LogP contribution in [0.5, 0.6) is 0 Å². The molecule has 0 aromatic heterocycles.